The van der Waals surface area contributed by atoms with E-state index >= 15 is 0 Å². The first-order valence-corrected chi connectivity index (χ1v) is 5.19. The highest BCUT2D eigenvalue weighted by molar-refractivity contribution is 7.99. The Hall–Kier alpha value is -0.430. The molecule has 0 unspecified atom stereocenters. The fourth-order valence-corrected chi connectivity index (χ4v) is 2.56. The summed E-state index contributed by atoms with van der Waals surface area (Å²) in [6, 6.07) is 0. The van der Waals surface area contributed by atoms with Gasteiger partial charge in [-0.25, -0.2) is 9.97 Å². The number of nitrogens with zero attached hydrogens (tertiary/aromatic N) is 2. The summed E-state index contributed by atoms with van der Waals surface area (Å²) < 4.78 is 0. The van der Waals surface area contributed by atoms with Gasteiger partial charge in [0.05, 0.1) is 10.6 Å². The van der Waals surface area contributed by atoms with Crippen molar-refractivity contribution in [3.05, 3.63) is 16.1 Å². The lowest BCUT2D eigenvalue weighted by Crippen LogP contribution is -1.91. The van der Waals surface area contributed by atoms with Crippen LogP contribution in [0.4, 0.5) is 0 Å². The van der Waals surface area contributed by atoms with Crippen LogP contribution in [0.5, 0.6) is 0 Å². The van der Waals surface area contributed by atoms with Crippen molar-refractivity contribution >= 4 is 35.0 Å². The number of aryl methyl sites for hydroxylation is 1. The summed E-state index contributed by atoms with van der Waals surface area (Å²) in [6.07, 6.45) is 8.95. The standard InChI is InChI=1S/C6H4Cl2N2S.C2H2/c7-5-4-3(1-2-11-4)9-6(8)10-5;1-2/h1-2H2;1-2H. The first-order chi connectivity index (χ1) is 6.27. The van der Waals surface area contributed by atoms with E-state index in [0.29, 0.717) is 5.15 Å². The number of fused-ring (bicyclic) bond motifs is 1. The lowest BCUT2D eigenvalue weighted by Gasteiger charge is -1.98. The smallest absolute Gasteiger partial charge is 0.222 e. The molecular formula is C8H6Cl2N2S. The lowest BCUT2D eigenvalue weighted by molar-refractivity contribution is 0.976. The molecule has 0 spiro atoms. The molecule has 13 heavy (non-hydrogen) atoms. The predicted molar refractivity (Wildman–Crippen MR) is 56.4 cm³/mol. The molecule has 0 N–H and O–H groups in total. The van der Waals surface area contributed by atoms with E-state index in [9.17, 15) is 0 Å². The number of rotatable bonds is 0. The topological polar surface area (TPSA) is 25.8 Å². The first-order valence-electron chi connectivity index (χ1n) is 3.45. The van der Waals surface area contributed by atoms with Crippen molar-refractivity contribution in [2.75, 3.05) is 5.75 Å². The largest absolute Gasteiger partial charge is 0.224 e. The van der Waals surface area contributed by atoms with Crippen LogP contribution in [-0.4, -0.2) is 15.7 Å². The fraction of sp³-hybridized carbons (Fsp3) is 0.250. The van der Waals surface area contributed by atoms with Crippen LogP contribution < -0.4 is 0 Å². The molecule has 2 rings (SSSR count). The highest BCUT2D eigenvalue weighted by Gasteiger charge is 2.17. The molecule has 0 atom stereocenters. The third-order valence-corrected chi connectivity index (χ3v) is 3.13. The van der Waals surface area contributed by atoms with E-state index in [0.717, 1.165) is 22.8 Å². The molecule has 0 amide bonds. The third kappa shape index (κ3) is 2.28. The van der Waals surface area contributed by atoms with Gasteiger partial charge in [-0.2, -0.15) is 0 Å². The maximum absolute atomic E-state index is 5.82. The van der Waals surface area contributed by atoms with Crippen LogP contribution >= 0.6 is 35.0 Å². The molecule has 0 saturated heterocycles. The Morgan fingerprint density at radius 3 is 2.62 bits per heavy atom. The molecule has 0 saturated carbocycles. The van der Waals surface area contributed by atoms with E-state index in [1.54, 1.807) is 11.8 Å². The van der Waals surface area contributed by atoms with Crippen molar-refractivity contribution in [2.24, 2.45) is 0 Å². The molecule has 1 aliphatic rings. The molecule has 2 heterocycles. The zero-order chi connectivity index (χ0) is 9.84. The number of hydrogen-bond acceptors (Lipinski definition) is 3. The second kappa shape index (κ2) is 4.71. The van der Waals surface area contributed by atoms with Gasteiger partial charge in [-0.3, -0.25) is 0 Å². The summed E-state index contributed by atoms with van der Waals surface area (Å²) in [5.41, 5.74) is 0.986. The minimum atomic E-state index is 0.247. The lowest BCUT2D eigenvalue weighted by atomic mass is 10.3. The van der Waals surface area contributed by atoms with Gasteiger partial charge >= 0.3 is 0 Å². The van der Waals surface area contributed by atoms with Crippen molar-refractivity contribution in [1.82, 2.24) is 9.97 Å². The summed E-state index contributed by atoms with van der Waals surface area (Å²) >= 11 is 13.1. The molecule has 0 aromatic carbocycles. The van der Waals surface area contributed by atoms with Crippen LogP contribution in [0.1, 0.15) is 5.69 Å². The summed E-state index contributed by atoms with van der Waals surface area (Å²) in [7, 11) is 0. The highest BCUT2D eigenvalue weighted by atomic mass is 35.5. The van der Waals surface area contributed by atoms with Crippen molar-refractivity contribution in [3.8, 4) is 12.8 Å². The van der Waals surface area contributed by atoms with Crippen LogP contribution in [0.15, 0.2) is 4.90 Å². The Morgan fingerprint density at radius 1 is 1.23 bits per heavy atom. The molecule has 2 nitrogen and oxygen atoms in total. The second-order valence-electron chi connectivity index (χ2n) is 2.16. The summed E-state index contributed by atoms with van der Waals surface area (Å²) in [6.45, 7) is 0. The van der Waals surface area contributed by atoms with E-state index in [4.69, 9.17) is 23.2 Å². The van der Waals surface area contributed by atoms with E-state index in [1.807, 2.05) is 0 Å². The summed E-state index contributed by atoms with van der Waals surface area (Å²) in [5, 5.41) is 0.735. The van der Waals surface area contributed by atoms with Gasteiger partial charge in [-0.15, -0.1) is 24.6 Å². The SMILES string of the molecule is C#C.Clc1nc(Cl)c2c(n1)CCS2. The van der Waals surface area contributed by atoms with E-state index in [2.05, 4.69) is 22.8 Å². The van der Waals surface area contributed by atoms with Gasteiger partial charge in [0, 0.05) is 12.2 Å². The zero-order valence-corrected chi connectivity index (χ0v) is 8.96. The van der Waals surface area contributed by atoms with Gasteiger partial charge in [0.15, 0.2) is 0 Å². The van der Waals surface area contributed by atoms with Gasteiger partial charge in [0.1, 0.15) is 5.15 Å². The van der Waals surface area contributed by atoms with E-state index < -0.39 is 0 Å². The number of aromatic nitrogens is 2. The number of hydrogen-bond donors (Lipinski definition) is 0. The molecule has 68 valence electrons. The van der Waals surface area contributed by atoms with E-state index in [1.165, 1.54) is 0 Å². The van der Waals surface area contributed by atoms with Gasteiger partial charge in [-0.1, -0.05) is 11.6 Å². The zero-order valence-electron chi connectivity index (χ0n) is 6.63. The molecule has 0 fully saturated rings. The van der Waals surface area contributed by atoms with Gasteiger partial charge < -0.3 is 0 Å². The van der Waals surface area contributed by atoms with E-state index in [-0.39, 0.29) is 5.28 Å². The van der Waals surface area contributed by atoms with Crippen molar-refractivity contribution in [2.45, 2.75) is 11.3 Å². The van der Waals surface area contributed by atoms with Gasteiger partial charge in [0.2, 0.25) is 5.28 Å². The van der Waals surface area contributed by atoms with Crippen LogP contribution in [0, 0.1) is 12.8 Å². The van der Waals surface area contributed by atoms with Crippen LogP contribution in [0.2, 0.25) is 10.4 Å². The van der Waals surface area contributed by atoms with Crippen LogP contribution in [-0.2, 0) is 6.42 Å². The number of halogens is 2. The van der Waals surface area contributed by atoms with Crippen molar-refractivity contribution < 1.29 is 0 Å². The van der Waals surface area contributed by atoms with Crippen molar-refractivity contribution in [1.29, 1.82) is 0 Å². The van der Waals surface area contributed by atoms with Gasteiger partial charge in [-0.05, 0) is 11.6 Å². The monoisotopic (exact) mass is 232 g/mol. The Bertz CT molecular complexity index is 338. The fourth-order valence-electron chi connectivity index (χ4n) is 1.00. The quantitative estimate of drug-likeness (QED) is 0.391. The Kier molecular flexibility index (Phi) is 3.86. The molecule has 0 radical (unpaired) electrons. The molecule has 0 aliphatic carbocycles. The number of thioether (sulfide) groups is 1. The molecule has 1 aromatic rings. The third-order valence-electron chi connectivity index (χ3n) is 1.45. The van der Waals surface area contributed by atoms with Gasteiger partial charge in [0.25, 0.3) is 0 Å². The van der Waals surface area contributed by atoms with Crippen LogP contribution in [0.25, 0.3) is 0 Å². The van der Waals surface area contributed by atoms with Crippen LogP contribution in [0.3, 0.4) is 0 Å². The molecule has 0 bridgehead atoms. The molecular weight excluding hydrogens is 227 g/mol. The van der Waals surface area contributed by atoms with Crippen molar-refractivity contribution in [3.63, 3.8) is 0 Å². The summed E-state index contributed by atoms with van der Waals surface area (Å²) in [5.74, 6) is 1.03. The molecule has 5 heteroatoms. The number of terminal acetylenes is 1. The maximum atomic E-state index is 5.82. The Balaban J connectivity index is 0.000000396. The second-order valence-corrected chi connectivity index (χ2v) is 3.96. The normalized spacial score (nSPS) is 12.9. The minimum absolute atomic E-state index is 0.247. The summed E-state index contributed by atoms with van der Waals surface area (Å²) in [4.78, 5) is 8.90. The highest BCUT2D eigenvalue weighted by Crippen LogP contribution is 2.35. The minimum Gasteiger partial charge on any atom is -0.222 e. The molecule has 1 aliphatic heterocycles. The average molecular weight is 233 g/mol. The first kappa shape index (κ1) is 10.6. The Labute approximate surface area is 91.1 Å². The Morgan fingerprint density at radius 2 is 1.92 bits per heavy atom. The average Bonchev–Trinajstić information content (AvgIpc) is 2.55. The maximum Gasteiger partial charge on any atom is 0.224 e. The molecule has 1 aromatic heterocycles. The predicted octanol–water partition coefficient (Wildman–Crippen LogP) is 2.68.